The number of nitrogens with one attached hydrogen (secondary N) is 2. The molecule has 4 aromatic rings. The van der Waals surface area contributed by atoms with E-state index in [0.29, 0.717) is 12.1 Å². The number of carbonyl (C=O) groups excluding carboxylic acids is 1. The molecule has 6 heteroatoms. The number of carbonyl (C=O) groups is 1. The van der Waals surface area contributed by atoms with E-state index in [9.17, 15) is 4.79 Å². The Kier molecular flexibility index (Phi) is 8.69. The van der Waals surface area contributed by atoms with Crippen molar-refractivity contribution in [2.45, 2.75) is 25.7 Å². The van der Waals surface area contributed by atoms with Crippen molar-refractivity contribution in [1.29, 1.82) is 0 Å². The number of anilines is 2. The summed E-state index contributed by atoms with van der Waals surface area (Å²) in [6, 6.07) is 30.5. The van der Waals surface area contributed by atoms with Crippen LogP contribution in [0.2, 0.25) is 0 Å². The molecule has 0 aromatic heterocycles. The molecule has 0 atom stereocenters. The number of ether oxygens (including phenoxy) is 1. The van der Waals surface area contributed by atoms with Gasteiger partial charge in [0.15, 0.2) is 0 Å². The molecule has 4 rings (SSSR count). The van der Waals surface area contributed by atoms with Gasteiger partial charge in [0.1, 0.15) is 0 Å². The van der Waals surface area contributed by atoms with Gasteiger partial charge in [-0.05, 0) is 6.92 Å². The topological polar surface area (TPSA) is 50.4 Å². The van der Waals surface area contributed by atoms with Crippen LogP contribution in [0.4, 0.5) is 11.4 Å². The molecule has 2 N–H and O–H groups in total. The third kappa shape index (κ3) is 6.90. The van der Waals surface area contributed by atoms with Crippen molar-refractivity contribution < 1.29 is 9.53 Å². The number of rotatable bonds is 7. The molecular weight excluding hydrogens is 483 g/mol. The Labute approximate surface area is 217 Å². The predicted octanol–water partition coefficient (Wildman–Crippen LogP) is 7.88. The van der Waals surface area contributed by atoms with Crippen molar-refractivity contribution in [2.24, 2.45) is 0 Å². The fourth-order valence-electron chi connectivity index (χ4n) is 3.87. The molecule has 0 aliphatic rings. The van der Waals surface area contributed by atoms with Gasteiger partial charge in [0.25, 0.3) is 0 Å². The normalized spacial score (nSPS) is 10.8. The second-order valence-corrected chi connectivity index (χ2v) is 11.1. The van der Waals surface area contributed by atoms with Crippen molar-refractivity contribution in [3.05, 3.63) is 113 Å². The third-order valence-corrected chi connectivity index (χ3v) is 7.89. The number of aryl methyl sites for hydroxylation is 3. The van der Waals surface area contributed by atoms with E-state index in [0.717, 1.165) is 16.9 Å². The molecular formula is C30H30N2O2PS-. The summed E-state index contributed by atoms with van der Waals surface area (Å²) >= 11 is 0. The Hall–Kier alpha value is -3.27. The summed E-state index contributed by atoms with van der Waals surface area (Å²) in [5.74, 6) is -0.307. The van der Waals surface area contributed by atoms with E-state index >= 15 is 0 Å². The average molecular weight is 514 g/mol. The Bertz CT molecular complexity index is 1460. The molecule has 0 saturated heterocycles. The molecule has 184 valence electrons. The fraction of sp³-hybridized carbons (Fsp3) is 0.167. The molecule has 0 bridgehead atoms. The Morgan fingerprint density at radius 2 is 1.50 bits per heavy atom. The minimum atomic E-state index is -0.483. The van der Waals surface area contributed by atoms with E-state index in [2.05, 4.69) is 66.4 Å². The van der Waals surface area contributed by atoms with Gasteiger partial charge in [-0.3, -0.25) is 0 Å². The van der Waals surface area contributed by atoms with Crippen molar-refractivity contribution in [1.82, 2.24) is 0 Å². The van der Waals surface area contributed by atoms with Crippen molar-refractivity contribution in [2.75, 3.05) is 23.2 Å². The zero-order valence-electron chi connectivity index (χ0n) is 20.7. The van der Waals surface area contributed by atoms with Crippen LogP contribution in [0.15, 0.2) is 95.9 Å². The van der Waals surface area contributed by atoms with E-state index in [1.807, 2.05) is 49.4 Å². The van der Waals surface area contributed by atoms with Gasteiger partial charge < -0.3 is 0 Å². The van der Waals surface area contributed by atoms with Crippen LogP contribution in [-0.4, -0.2) is 19.1 Å². The van der Waals surface area contributed by atoms with Gasteiger partial charge in [-0.1, -0.05) is 17.7 Å². The maximum absolute atomic E-state index is 12.2. The van der Waals surface area contributed by atoms with Gasteiger partial charge in [-0.15, -0.1) is 0 Å². The van der Waals surface area contributed by atoms with Gasteiger partial charge >= 0.3 is 193 Å². The molecule has 0 aliphatic heterocycles. The van der Waals surface area contributed by atoms with Crippen molar-refractivity contribution in [3.8, 4) is 11.1 Å². The van der Waals surface area contributed by atoms with Crippen LogP contribution in [0.1, 0.15) is 27.0 Å². The first-order valence-electron chi connectivity index (χ1n) is 11.8. The number of hydrogen-bond acceptors (Lipinski definition) is 5. The van der Waals surface area contributed by atoms with Crippen LogP contribution < -0.4 is 10.0 Å². The van der Waals surface area contributed by atoms with Crippen LogP contribution >= 0.6 is 7.81 Å². The molecule has 4 nitrogen and oxygen atoms in total. The summed E-state index contributed by atoms with van der Waals surface area (Å²) in [7, 11) is 4.42. The molecule has 0 aliphatic carbocycles. The second-order valence-electron chi connectivity index (χ2n) is 8.75. The second kappa shape index (κ2) is 12.1. The van der Waals surface area contributed by atoms with Crippen LogP contribution in [0, 0.1) is 20.8 Å². The summed E-state index contributed by atoms with van der Waals surface area (Å²) in [5, 5.41) is 3.32. The molecule has 4 aromatic carbocycles. The van der Waals surface area contributed by atoms with Crippen molar-refractivity contribution >= 4 is 35.2 Å². The van der Waals surface area contributed by atoms with E-state index in [1.165, 1.54) is 27.1 Å². The quantitative estimate of drug-likeness (QED) is 0.114. The Morgan fingerprint density at radius 1 is 0.806 bits per heavy atom. The summed E-state index contributed by atoms with van der Waals surface area (Å²) in [4.78, 5) is 13.4. The van der Waals surface area contributed by atoms with E-state index in [1.54, 1.807) is 6.07 Å². The fourth-order valence-corrected chi connectivity index (χ4v) is 5.84. The van der Waals surface area contributed by atoms with E-state index < -0.39 is 10.1 Å². The average Bonchev–Trinajstić information content (AvgIpc) is 2.87. The van der Waals surface area contributed by atoms with Crippen LogP contribution in [0.5, 0.6) is 0 Å². The molecule has 0 heterocycles. The molecule has 0 spiro atoms. The zero-order chi connectivity index (χ0) is 25.5. The molecule has 0 radical (unpaired) electrons. The first kappa shape index (κ1) is 25.8. The Balaban J connectivity index is 1.36. The summed E-state index contributed by atoms with van der Waals surface area (Å²) in [6.07, 6.45) is 0. The van der Waals surface area contributed by atoms with E-state index in [4.69, 9.17) is 12.6 Å². The van der Waals surface area contributed by atoms with Crippen LogP contribution in [-0.2, 0) is 14.8 Å². The summed E-state index contributed by atoms with van der Waals surface area (Å²) < 4.78 is 8.93. The SMILES string of the molecule is Cc1cccc(C(=O)OCCNc2cccc(N[S-](#P)c3cc(-c4cccc(C)c4)ccc3C)c2)c1. The summed E-state index contributed by atoms with van der Waals surface area (Å²) in [5.41, 5.74) is 8.35. The van der Waals surface area contributed by atoms with Crippen LogP contribution in [0.3, 0.4) is 0 Å². The van der Waals surface area contributed by atoms with Crippen LogP contribution in [0.25, 0.3) is 11.1 Å². The number of hydrogen-bond donors (Lipinski definition) is 2. The third-order valence-electron chi connectivity index (χ3n) is 5.74. The van der Waals surface area contributed by atoms with Crippen molar-refractivity contribution in [3.63, 3.8) is 0 Å². The van der Waals surface area contributed by atoms with Gasteiger partial charge in [0.2, 0.25) is 0 Å². The predicted molar refractivity (Wildman–Crippen MR) is 154 cm³/mol. The molecule has 36 heavy (non-hydrogen) atoms. The molecule has 0 saturated carbocycles. The maximum atomic E-state index is 12.2. The first-order valence-corrected chi connectivity index (χ1v) is 14.1. The monoisotopic (exact) mass is 513 g/mol. The van der Waals surface area contributed by atoms with Gasteiger partial charge in [-0.2, -0.15) is 0 Å². The van der Waals surface area contributed by atoms with Gasteiger partial charge in [-0.25, -0.2) is 0 Å². The summed E-state index contributed by atoms with van der Waals surface area (Å²) in [6.45, 7) is 6.98. The first-order chi connectivity index (χ1) is 17.4. The molecule has 0 amide bonds. The standard InChI is InChI=1S/C30H30N2O2PS/c1-21-7-4-9-24(17-21)25-14-13-23(3)29(19-25)36(35)32-28-12-6-11-27(20-28)31-15-16-34-30(33)26-10-5-8-22(2)18-26/h4-14,17-20,31-32H,15-16H2,1-3H3/q-1. The number of benzene rings is 4. The molecule has 0 unspecified atom stereocenters. The zero-order valence-corrected chi connectivity index (χ0v) is 22.5. The van der Waals surface area contributed by atoms with Gasteiger partial charge in [0.05, 0.1) is 0 Å². The minimum absolute atomic E-state index is 0.284. The Morgan fingerprint density at radius 3 is 2.28 bits per heavy atom. The number of esters is 1. The van der Waals surface area contributed by atoms with E-state index in [-0.39, 0.29) is 12.6 Å². The molecule has 0 fully saturated rings. The van der Waals surface area contributed by atoms with Gasteiger partial charge in [0, 0.05) is 0 Å².